The van der Waals surface area contributed by atoms with Gasteiger partial charge in [0.15, 0.2) is 0 Å². The summed E-state index contributed by atoms with van der Waals surface area (Å²) in [5.74, 6) is 0. The van der Waals surface area contributed by atoms with Crippen LogP contribution in [0.15, 0.2) is 0 Å². The maximum atomic E-state index is 9.65. The Morgan fingerprint density at radius 3 is 2.67 bits per heavy atom. The van der Waals surface area contributed by atoms with E-state index in [2.05, 4.69) is 10.2 Å². The zero-order chi connectivity index (χ0) is 7.11. The Morgan fingerprint density at radius 1 is 1.56 bits per heavy atom. The predicted molar refractivity (Wildman–Crippen MR) is 37.1 cm³/mol. The average molecular weight is 129 g/mol. The minimum atomic E-state index is 0.341. The molecule has 1 radical (unpaired) electrons. The lowest BCUT2D eigenvalue weighted by Crippen LogP contribution is -2.27. The van der Waals surface area contributed by atoms with Crippen molar-refractivity contribution in [1.29, 1.82) is 0 Å². The fraction of sp³-hybridized carbons (Fsp3) is 0.833. The summed E-state index contributed by atoms with van der Waals surface area (Å²) < 4.78 is 0. The van der Waals surface area contributed by atoms with Crippen molar-refractivity contribution in [2.45, 2.75) is 0 Å². The van der Waals surface area contributed by atoms with Gasteiger partial charge in [-0.05, 0) is 14.1 Å². The van der Waals surface area contributed by atoms with Crippen molar-refractivity contribution in [1.82, 2.24) is 10.2 Å². The minimum Gasteiger partial charge on any atom is -0.308 e. The highest BCUT2D eigenvalue weighted by Crippen LogP contribution is 1.68. The van der Waals surface area contributed by atoms with Gasteiger partial charge in [-0.3, -0.25) is 4.79 Å². The van der Waals surface area contributed by atoms with Crippen LogP contribution < -0.4 is 5.32 Å². The fourth-order valence-electron chi connectivity index (χ4n) is 0.442. The van der Waals surface area contributed by atoms with Crippen molar-refractivity contribution >= 4 is 6.29 Å². The molecule has 0 aromatic heterocycles. The van der Waals surface area contributed by atoms with E-state index in [9.17, 15) is 4.79 Å². The Hall–Kier alpha value is -0.410. The van der Waals surface area contributed by atoms with Crippen molar-refractivity contribution in [3.05, 3.63) is 0 Å². The second kappa shape index (κ2) is 5.72. The van der Waals surface area contributed by atoms with Crippen LogP contribution in [0.3, 0.4) is 0 Å². The maximum Gasteiger partial charge on any atom is 0.213 e. The van der Waals surface area contributed by atoms with Crippen LogP contribution in [0, 0.1) is 0 Å². The van der Waals surface area contributed by atoms with Gasteiger partial charge in [-0.15, -0.1) is 0 Å². The number of nitrogens with one attached hydrogen (secondary N) is 1. The van der Waals surface area contributed by atoms with Crippen molar-refractivity contribution in [2.75, 3.05) is 33.7 Å². The van der Waals surface area contributed by atoms with E-state index < -0.39 is 0 Å². The second-order valence-corrected chi connectivity index (χ2v) is 2.12. The molecule has 0 aromatic carbocycles. The van der Waals surface area contributed by atoms with Crippen LogP contribution in [0.5, 0.6) is 0 Å². The molecule has 0 saturated heterocycles. The summed E-state index contributed by atoms with van der Waals surface area (Å²) in [4.78, 5) is 11.7. The van der Waals surface area contributed by atoms with E-state index in [0.717, 1.165) is 13.1 Å². The SMILES string of the molecule is CN(C)CCNC[C]=O. The molecular formula is C6H13N2O. The van der Waals surface area contributed by atoms with Gasteiger partial charge in [-0.2, -0.15) is 0 Å². The molecule has 0 unspecified atom stereocenters. The molecule has 53 valence electrons. The van der Waals surface area contributed by atoms with Crippen LogP contribution in [0.2, 0.25) is 0 Å². The van der Waals surface area contributed by atoms with Crippen molar-refractivity contribution in [2.24, 2.45) is 0 Å². The van der Waals surface area contributed by atoms with Crippen LogP contribution in [0.25, 0.3) is 0 Å². The normalized spacial score (nSPS) is 10.1. The van der Waals surface area contributed by atoms with E-state index in [1.807, 2.05) is 14.1 Å². The standard InChI is InChI=1S/C6H13N2O/c1-8(2)5-3-7-4-6-9/h7H,3-5H2,1-2H3. The quantitative estimate of drug-likeness (QED) is 0.496. The van der Waals surface area contributed by atoms with E-state index in [1.165, 1.54) is 0 Å². The number of carbonyl (C=O) groups excluding carboxylic acids is 1. The number of likely N-dealkylation sites (N-methyl/N-ethyl adjacent to an activating group) is 1. The first-order valence-corrected chi connectivity index (χ1v) is 2.98. The molecule has 0 amide bonds. The molecule has 0 saturated carbocycles. The third-order valence-electron chi connectivity index (χ3n) is 0.933. The molecule has 0 fully saturated rings. The summed E-state index contributed by atoms with van der Waals surface area (Å²) in [7, 11) is 3.98. The zero-order valence-electron chi connectivity index (χ0n) is 5.98. The lowest BCUT2D eigenvalue weighted by molar-refractivity contribution is 0.404. The first-order valence-electron chi connectivity index (χ1n) is 2.98. The number of nitrogens with zero attached hydrogens (tertiary/aromatic N) is 1. The third-order valence-corrected chi connectivity index (χ3v) is 0.933. The number of hydrogen-bond donors (Lipinski definition) is 1. The Labute approximate surface area is 56.0 Å². The molecule has 0 aliphatic heterocycles. The second-order valence-electron chi connectivity index (χ2n) is 2.12. The van der Waals surface area contributed by atoms with Gasteiger partial charge < -0.3 is 10.2 Å². The first kappa shape index (κ1) is 8.59. The fourth-order valence-corrected chi connectivity index (χ4v) is 0.442. The van der Waals surface area contributed by atoms with Gasteiger partial charge >= 0.3 is 0 Å². The van der Waals surface area contributed by atoms with E-state index >= 15 is 0 Å². The number of hydrogen-bond acceptors (Lipinski definition) is 3. The Kier molecular flexibility index (Phi) is 5.46. The highest BCUT2D eigenvalue weighted by Gasteiger charge is 1.87. The van der Waals surface area contributed by atoms with E-state index in [4.69, 9.17) is 0 Å². The van der Waals surface area contributed by atoms with Crippen molar-refractivity contribution < 1.29 is 4.79 Å². The average Bonchev–Trinajstić information content (AvgIpc) is 1.80. The summed E-state index contributed by atoms with van der Waals surface area (Å²) in [5.41, 5.74) is 0. The summed E-state index contributed by atoms with van der Waals surface area (Å²) >= 11 is 0. The van der Waals surface area contributed by atoms with Crippen LogP contribution in [0.1, 0.15) is 0 Å². The Bertz CT molecular complexity index is 73.5. The number of rotatable bonds is 5. The van der Waals surface area contributed by atoms with Crippen molar-refractivity contribution in [3.63, 3.8) is 0 Å². The molecule has 0 atom stereocenters. The molecule has 0 spiro atoms. The van der Waals surface area contributed by atoms with Crippen LogP contribution in [-0.2, 0) is 4.79 Å². The monoisotopic (exact) mass is 129 g/mol. The van der Waals surface area contributed by atoms with E-state index in [-0.39, 0.29) is 0 Å². The molecule has 9 heavy (non-hydrogen) atoms. The van der Waals surface area contributed by atoms with Gasteiger partial charge in [0, 0.05) is 13.1 Å². The maximum absolute atomic E-state index is 9.65. The van der Waals surface area contributed by atoms with Gasteiger partial charge in [-0.25, -0.2) is 0 Å². The lowest BCUT2D eigenvalue weighted by Gasteiger charge is -2.07. The molecule has 3 heteroatoms. The van der Waals surface area contributed by atoms with E-state index in [1.54, 1.807) is 6.29 Å². The van der Waals surface area contributed by atoms with Gasteiger partial charge in [0.1, 0.15) is 0 Å². The van der Waals surface area contributed by atoms with Crippen LogP contribution >= 0.6 is 0 Å². The lowest BCUT2D eigenvalue weighted by atomic mass is 10.5. The molecule has 3 nitrogen and oxygen atoms in total. The first-order chi connectivity index (χ1) is 4.27. The molecule has 1 N–H and O–H groups in total. The zero-order valence-corrected chi connectivity index (χ0v) is 5.98. The topological polar surface area (TPSA) is 32.3 Å². The Morgan fingerprint density at radius 2 is 2.22 bits per heavy atom. The smallest absolute Gasteiger partial charge is 0.213 e. The van der Waals surface area contributed by atoms with Crippen molar-refractivity contribution in [3.8, 4) is 0 Å². The summed E-state index contributed by atoms with van der Waals surface area (Å²) in [5, 5.41) is 2.90. The highest BCUT2D eigenvalue weighted by atomic mass is 16.1. The molecule has 0 rings (SSSR count). The molecule has 0 aromatic rings. The summed E-state index contributed by atoms with van der Waals surface area (Å²) in [6, 6.07) is 0. The third kappa shape index (κ3) is 7.59. The molecular weight excluding hydrogens is 116 g/mol. The van der Waals surface area contributed by atoms with Crippen LogP contribution in [-0.4, -0.2) is 44.9 Å². The predicted octanol–water partition coefficient (Wildman–Crippen LogP) is -0.753. The summed E-state index contributed by atoms with van der Waals surface area (Å²) in [6.45, 7) is 2.15. The minimum absolute atomic E-state index is 0.341. The molecule has 0 bridgehead atoms. The van der Waals surface area contributed by atoms with Gasteiger partial charge in [0.2, 0.25) is 6.29 Å². The molecule has 0 aliphatic rings. The van der Waals surface area contributed by atoms with Gasteiger partial charge in [-0.1, -0.05) is 0 Å². The molecule has 0 heterocycles. The van der Waals surface area contributed by atoms with Gasteiger partial charge in [0.05, 0.1) is 6.54 Å². The Balaban J connectivity index is 2.82. The highest BCUT2D eigenvalue weighted by molar-refractivity contribution is 5.52. The van der Waals surface area contributed by atoms with E-state index in [0.29, 0.717) is 6.54 Å². The van der Waals surface area contributed by atoms with Crippen LogP contribution in [0.4, 0.5) is 0 Å². The largest absolute Gasteiger partial charge is 0.308 e. The molecule has 0 aliphatic carbocycles. The summed E-state index contributed by atoms with van der Waals surface area (Å²) in [6.07, 6.45) is 1.76. The van der Waals surface area contributed by atoms with Gasteiger partial charge in [0.25, 0.3) is 0 Å².